The second-order valence-electron chi connectivity index (χ2n) is 3.69. The van der Waals surface area contributed by atoms with Crippen LogP contribution < -0.4 is 5.32 Å². The van der Waals surface area contributed by atoms with Gasteiger partial charge in [-0.2, -0.15) is 0 Å². The van der Waals surface area contributed by atoms with Crippen LogP contribution in [0.4, 0.5) is 4.79 Å². The summed E-state index contributed by atoms with van der Waals surface area (Å²) in [6.07, 6.45) is -0.787. The Balaban J connectivity index is 4.11. The van der Waals surface area contributed by atoms with Crippen LogP contribution in [0.15, 0.2) is 0 Å². The molecule has 0 heterocycles. The number of alkyl halides is 1. The summed E-state index contributed by atoms with van der Waals surface area (Å²) in [5.74, 6) is -1.39. The maximum Gasteiger partial charge on any atom is 0.408 e. The van der Waals surface area contributed by atoms with Gasteiger partial charge in [0, 0.05) is 0 Å². The number of amides is 1. The Morgan fingerprint density at radius 3 is 2.29 bits per heavy atom. The van der Waals surface area contributed by atoms with Gasteiger partial charge in [-0.25, -0.2) is 9.59 Å². The first-order valence-electron chi connectivity index (χ1n) is 4.04. The first-order chi connectivity index (χ1) is 6.26. The van der Waals surface area contributed by atoms with Gasteiger partial charge in [-0.15, -0.1) is 11.6 Å². The van der Waals surface area contributed by atoms with Crippen LogP contribution in [-0.2, 0) is 9.53 Å². The van der Waals surface area contributed by atoms with E-state index in [4.69, 9.17) is 21.4 Å². The molecule has 5 nitrogen and oxygen atoms in total. The van der Waals surface area contributed by atoms with Crippen LogP contribution in [0.25, 0.3) is 0 Å². The van der Waals surface area contributed by atoms with Gasteiger partial charge in [0.2, 0.25) is 0 Å². The summed E-state index contributed by atoms with van der Waals surface area (Å²) in [5.41, 5.74) is -0.653. The average Bonchev–Trinajstić information content (AvgIpc) is 1.96. The summed E-state index contributed by atoms with van der Waals surface area (Å²) in [4.78, 5) is 21.6. The first kappa shape index (κ1) is 13.0. The third kappa shape index (κ3) is 5.64. The van der Waals surface area contributed by atoms with Crippen LogP contribution in [0.3, 0.4) is 0 Å². The largest absolute Gasteiger partial charge is 0.480 e. The van der Waals surface area contributed by atoms with Crippen LogP contribution in [0.5, 0.6) is 0 Å². The van der Waals surface area contributed by atoms with E-state index in [1.54, 1.807) is 20.8 Å². The number of hydrogen-bond donors (Lipinski definition) is 2. The summed E-state index contributed by atoms with van der Waals surface area (Å²) in [6.45, 7) is 5.05. The maximum absolute atomic E-state index is 11.1. The minimum absolute atomic E-state index is 0.200. The summed E-state index contributed by atoms with van der Waals surface area (Å²) < 4.78 is 4.85. The van der Waals surface area contributed by atoms with Crippen molar-refractivity contribution in [1.29, 1.82) is 0 Å². The van der Waals surface area contributed by atoms with E-state index in [0.717, 1.165) is 0 Å². The van der Waals surface area contributed by atoms with Crippen molar-refractivity contribution in [3.8, 4) is 0 Å². The van der Waals surface area contributed by atoms with Gasteiger partial charge in [0.15, 0.2) is 0 Å². The van der Waals surface area contributed by atoms with Gasteiger partial charge in [-0.05, 0) is 20.8 Å². The third-order valence-corrected chi connectivity index (χ3v) is 1.45. The summed E-state index contributed by atoms with van der Waals surface area (Å²) in [5, 5.41) is 10.7. The number of carbonyl (C=O) groups is 2. The third-order valence-electron chi connectivity index (χ3n) is 1.14. The van der Waals surface area contributed by atoms with Gasteiger partial charge in [-0.3, -0.25) is 0 Å². The number of nitrogens with one attached hydrogen (secondary N) is 1. The first-order valence-corrected chi connectivity index (χ1v) is 4.58. The number of halogens is 1. The van der Waals surface area contributed by atoms with Crippen LogP contribution in [-0.4, -0.2) is 34.7 Å². The maximum atomic E-state index is 11.1. The molecule has 0 spiro atoms. The molecule has 0 rings (SSSR count). The molecule has 0 radical (unpaired) electrons. The molecule has 0 fully saturated rings. The van der Waals surface area contributed by atoms with Crippen molar-refractivity contribution in [1.82, 2.24) is 5.32 Å². The molecule has 0 aliphatic rings. The molecule has 0 bridgehead atoms. The minimum Gasteiger partial charge on any atom is -0.480 e. The number of carboxylic acids is 1. The predicted molar refractivity (Wildman–Crippen MR) is 51.5 cm³/mol. The summed E-state index contributed by atoms with van der Waals surface area (Å²) in [7, 11) is 0. The molecule has 0 aromatic rings. The summed E-state index contributed by atoms with van der Waals surface area (Å²) in [6, 6.07) is -1.12. The van der Waals surface area contributed by atoms with E-state index in [2.05, 4.69) is 5.32 Å². The number of carbonyl (C=O) groups excluding carboxylic acids is 1. The van der Waals surface area contributed by atoms with Gasteiger partial charge in [0.25, 0.3) is 0 Å². The standard InChI is InChI=1S/C8H14ClNO4/c1-8(2,3)14-7(13)10-5(4-9)6(11)12/h5H,4H2,1-3H3,(H,10,13)(H,11,12)/t5-/m1/s1. The smallest absolute Gasteiger partial charge is 0.408 e. The molecule has 0 aliphatic heterocycles. The predicted octanol–water partition coefficient (Wildman–Crippen LogP) is 1.20. The Morgan fingerprint density at radius 2 is 2.00 bits per heavy atom. The Bertz CT molecular complexity index is 224. The molecule has 0 aromatic carbocycles. The molecule has 6 heteroatoms. The van der Waals surface area contributed by atoms with Crippen LogP contribution >= 0.6 is 11.6 Å². The van der Waals surface area contributed by atoms with Crippen LogP contribution in [0.1, 0.15) is 20.8 Å². The van der Waals surface area contributed by atoms with Crippen molar-refractivity contribution in [3.05, 3.63) is 0 Å². The molecular weight excluding hydrogens is 210 g/mol. The number of ether oxygens (including phenoxy) is 1. The molecule has 82 valence electrons. The van der Waals surface area contributed by atoms with E-state index in [-0.39, 0.29) is 5.88 Å². The molecular formula is C8H14ClNO4. The van der Waals surface area contributed by atoms with Gasteiger partial charge in [0.1, 0.15) is 11.6 Å². The van der Waals surface area contributed by atoms with Crippen molar-refractivity contribution in [2.75, 3.05) is 5.88 Å². The van der Waals surface area contributed by atoms with Crippen molar-refractivity contribution >= 4 is 23.7 Å². The number of alkyl carbamates (subject to hydrolysis) is 1. The zero-order valence-electron chi connectivity index (χ0n) is 8.33. The quantitative estimate of drug-likeness (QED) is 0.705. The SMILES string of the molecule is CC(C)(C)OC(=O)N[C@H](CCl)C(=O)O. The molecule has 0 aliphatic carbocycles. The highest BCUT2D eigenvalue weighted by atomic mass is 35.5. The highest BCUT2D eigenvalue weighted by Gasteiger charge is 2.22. The lowest BCUT2D eigenvalue weighted by Crippen LogP contribution is -2.44. The van der Waals surface area contributed by atoms with E-state index in [1.807, 2.05) is 0 Å². The molecule has 1 atom stereocenters. The monoisotopic (exact) mass is 223 g/mol. The fourth-order valence-corrected chi connectivity index (χ4v) is 0.825. The second kappa shape index (κ2) is 5.05. The van der Waals surface area contributed by atoms with E-state index >= 15 is 0 Å². The number of rotatable bonds is 3. The summed E-state index contributed by atoms with van der Waals surface area (Å²) >= 11 is 5.33. The van der Waals surface area contributed by atoms with Gasteiger partial charge >= 0.3 is 12.1 Å². The lowest BCUT2D eigenvalue weighted by molar-refractivity contribution is -0.138. The van der Waals surface area contributed by atoms with E-state index in [9.17, 15) is 9.59 Å². The topological polar surface area (TPSA) is 75.6 Å². The molecule has 0 aromatic heterocycles. The Kier molecular flexibility index (Phi) is 4.70. The van der Waals surface area contributed by atoms with E-state index in [0.29, 0.717) is 0 Å². The zero-order chi connectivity index (χ0) is 11.4. The Hall–Kier alpha value is -0.970. The number of aliphatic carboxylic acids is 1. The van der Waals surface area contributed by atoms with Gasteiger partial charge in [0.05, 0.1) is 5.88 Å². The normalized spacial score (nSPS) is 13.1. The average molecular weight is 224 g/mol. The highest BCUT2D eigenvalue weighted by Crippen LogP contribution is 2.06. The molecule has 1 amide bonds. The molecule has 0 saturated heterocycles. The van der Waals surface area contributed by atoms with Crippen molar-refractivity contribution in [3.63, 3.8) is 0 Å². The number of carboxylic acid groups (broad SMARTS) is 1. The van der Waals surface area contributed by atoms with Crippen LogP contribution in [0, 0.1) is 0 Å². The van der Waals surface area contributed by atoms with Crippen molar-refractivity contribution < 1.29 is 19.4 Å². The van der Waals surface area contributed by atoms with Gasteiger partial charge in [-0.1, -0.05) is 0 Å². The molecule has 0 saturated carbocycles. The lowest BCUT2D eigenvalue weighted by atomic mass is 10.2. The fourth-order valence-electron chi connectivity index (χ4n) is 0.616. The molecule has 2 N–H and O–H groups in total. The van der Waals surface area contributed by atoms with Gasteiger partial charge < -0.3 is 15.2 Å². The van der Waals surface area contributed by atoms with E-state index in [1.165, 1.54) is 0 Å². The number of hydrogen-bond acceptors (Lipinski definition) is 3. The van der Waals surface area contributed by atoms with E-state index < -0.39 is 23.7 Å². The minimum atomic E-state index is -1.19. The zero-order valence-corrected chi connectivity index (χ0v) is 9.09. The molecule has 14 heavy (non-hydrogen) atoms. The Labute approximate surface area is 87.4 Å². The van der Waals surface area contributed by atoms with Crippen molar-refractivity contribution in [2.45, 2.75) is 32.4 Å². The lowest BCUT2D eigenvalue weighted by Gasteiger charge is -2.21. The highest BCUT2D eigenvalue weighted by molar-refractivity contribution is 6.19. The fraction of sp³-hybridized carbons (Fsp3) is 0.750. The Morgan fingerprint density at radius 1 is 1.50 bits per heavy atom. The van der Waals surface area contributed by atoms with Crippen LogP contribution in [0.2, 0.25) is 0 Å². The van der Waals surface area contributed by atoms with Crippen molar-refractivity contribution in [2.24, 2.45) is 0 Å². The molecule has 0 unspecified atom stereocenters. The second-order valence-corrected chi connectivity index (χ2v) is 4.00.